The van der Waals surface area contributed by atoms with Crippen LogP contribution in [-0.4, -0.2) is 29.5 Å². The van der Waals surface area contributed by atoms with Crippen molar-refractivity contribution in [3.63, 3.8) is 0 Å². The number of hydrogen-bond donors (Lipinski definition) is 1. The Morgan fingerprint density at radius 2 is 1.90 bits per heavy atom. The lowest BCUT2D eigenvalue weighted by atomic mass is 9.85. The molecule has 1 amide bonds. The maximum absolute atomic E-state index is 13.6. The summed E-state index contributed by atoms with van der Waals surface area (Å²) in [5, 5.41) is 3.60. The van der Waals surface area contributed by atoms with Gasteiger partial charge < -0.3 is 15.0 Å². The first-order valence-electron chi connectivity index (χ1n) is 10.7. The quantitative estimate of drug-likeness (QED) is 0.610. The Kier molecular flexibility index (Phi) is 6.38. The topological polar surface area (TPSA) is 41.6 Å². The van der Waals surface area contributed by atoms with E-state index in [0.29, 0.717) is 5.92 Å². The van der Waals surface area contributed by atoms with Gasteiger partial charge in [-0.05, 0) is 67.2 Å². The van der Waals surface area contributed by atoms with Crippen LogP contribution in [0.2, 0.25) is 0 Å². The second-order valence-electron chi connectivity index (χ2n) is 8.25. The maximum atomic E-state index is 13.6. The number of aryl methyl sites for hydroxylation is 1. The number of benzene rings is 2. The van der Waals surface area contributed by atoms with E-state index in [-0.39, 0.29) is 17.4 Å². The van der Waals surface area contributed by atoms with Gasteiger partial charge in [-0.3, -0.25) is 4.79 Å². The number of hydrogen-bond acceptors (Lipinski definition) is 4. The average Bonchev–Trinajstić information content (AvgIpc) is 3.05. The molecule has 2 aromatic rings. The molecule has 4 rings (SSSR count). The smallest absolute Gasteiger partial charge is 0.262 e. The van der Waals surface area contributed by atoms with Crippen molar-refractivity contribution in [2.45, 2.75) is 51.1 Å². The van der Waals surface area contributed by atoms with E-state index in [1.165, 1.54) is 19.3 Å². The van der Waals surface area contributed by atoms with Gasteiger partial charge in [-0.1, -0.05) is 55.8 Å². The third kappa shape index (κ3) is 4.36. The van der Waals surface area contributed by atoms with Gasteiger partial charge in [-0.2, -0.15) is 0 Å². The van der Waals surface area contributed by atoms with E-state index in [9.17, 15) is 4.79 Å². The van der Waals surface area contributed by atoms with Crippen molar-refractivity contribution in [1.82, 2.24) is 4.90 Å². The molecule has 0 spiro atoms. The number of methoxy groups -OCH3 is 1. The predicted molar refractivity (Wildman–Crippen MR) is 125 cm³/mol. The molecule has 1 aliphatic heterocycles. The first kappa shape index (κ1) is 20.9. The number of amides is 1. The molecule has 1 aliphatic carbocycles. The van der Waals surface area contributed by atoms with Crippen LogP contribution in [-0.2, 0) is 4.79 Å². The Hall–Kier alpha value is -2.40. The van der Waals surface area contributed by atoms with Crippen LogP contribution in [0.25, 0.3) is 6.08 Å². The molecule has 158 valence electrons. The van der Waals surface area contributed by atoms with Crippen LogP contribution in [0.15, 0.2) is 53.4 Å². The van der Waals surface area contributed by atoms with Crippen LogP contribution in [0, 0.1) is 12.8 Å². The molecule has 2 aromatic carbocycles. The molecule has 2 aliphatic rings. The molecule has 1 saturated heterocycles. The zero-order chi connectivity index (χ0) is 21.1. The molecule has 1 heterocycles. The number of anilines is 1. The molecule has 5 heteroatoms. The summed E-state index contributed by atoms with van der Waals surface area (Å²) in [5.41, 5.74) is 3.12. The van der Waals surface area contributed by atoms with E-state index >= 15 is 0 Å². The summed E-state index contributed by atoms with van der Waals surface area (Å²) in [4.78, 5) is 16.5. The molecule has 1 unspecified atom stereocenters. The number of nitrogens with one attached hydrogen (secondary N) is 1. The largest absolute Gasteiger partial charge is 0.497 e. The number of carbonyl (C=O) groups excluding carboxylic acids is 1. The van der Waals surface area contributed by atoms with Gasteiger partial charge in [0.1, 0.15) is 5.75 Å². The minimum atomic E-state index is -0.0877. The molecule has 30 heavy (non-hydrogen) atoms. The number of nitrogens with zero attached hydrogens (tertiary/aromatic N) is 1. The van der Waals surface area contributed by atoms with Crippen molar-refractivity contribution in [2.24, 2.45) is 5.92 Å². The fourth-order valence-electron chi connectivity index (χ4n) is 4.45. The summed E-state index contributed by atoms with van der Waals surface area (Å²) < 4.78 is 5.32. The number of thioether (sulfide) groups is 1. The van der Waals surface area contributed by atoms with Gasteiger partial charge in [0, 0.05) is 11.7 Å². The van der Waals surface area contributed by atoms with Gasteiger partial charge in [0.15, 0.2) is 5.50 Å². The number of rotatable bonds is 5. The van der Waals surface area contributed by atoms with Gasteiger partial charge in [-0.25, -0.2) is 0 Å². The summed E-state index contributed by atoms with van der Waals surface area (Å²) in [6, 6.07) is 16.4. The number of para-hydroxylation sites is 1. The van der Waals surface area contributed by atoms with E-state index in [1.54, 1.807) is 18.9 Å². The Morgan fingerprint density at radius 1 is 1.13 bits per heavy atom. The fraction of sp³-hybridized carbons (Fsp3) is 0.400. The summed E-state index contributed by atoms with van der Waals surface area (Å²) in [6.45, 7) is 4.34. The van der Waals surface area contributed by atoms with Crippen molar-refractivity contribution >= 4 is 29.4 Å². The van der Waals surface area contributed by atoms with Gasteiger partial charge in [-0.15, -0.1) is 0 Å². The minimum absolute atomic E-state index is 0.0877. The first-order valence-corrected chi connectivity index (χ1v) is 11.6. The zero-order valence-corrected chi connectivity index (χ0v) is 18.7. The van der Waals surface area contributed by atoms with Crippen LogP contribution in [0.1, 0.15) is 43.7 Å². The molecule has 3 atom stereocenters. The molecule has 0 aromatic heterocycles. The Labute approximate surface area is 183 Å². The van der Waals surface area contributed by atoms with Crippen molar-refractivity contribution in [3.8, 4) is 5.75 Å². The lowest BCUT2D eigenvalue weighted by Crippen LogP contribution is -2.48. The predicted octanol–water partition coefficient (Wildman–Crippen LogP) is 5.89. The molecule has 0 bridgehead atoms. The van der Waals surface area contributed by atoms with Crippen LogP contribution in [0.4, 0.5) is 5.69 Å². The third-order valence-electron chi connectivity index (χ3n) is 6.19. The minimum Gasteiger partial charge on any atom is -0.497 e. The Bertz CT molecular complexity index is 928. The molecule has 1 N–H and O–H groups in total. The normalized spacial score (nSPS) is 25.6. The molecule has 1 saturated carbocycles. The van der Waals surface area contributed by atoms with E-state index in [4.69, 9.17) is 4.74 Å². The second-order valence-corrected chi connectivity index (χ2v) is 9.38. The van der Waals surface area contributed by atoms with Crippen molar-refractivity contribution in [3.05, 3.63) is 64.6 Å². The standard InChI is InChI=1S/C25H30N2O2S/c1-17-9-7-8-12-22(17)27-24(28)23(16-19-13-14-21(29-3)15-18(19)2)30-25(27)26-20-10-5-4-6-11-20/h4-6,10-11,13-17,22,25-26H,7-9,12H2,1-3H3/b23-16-/t17-,22+,25?/m0/s1. The molecule has 0 radical (unpaired) electrons. The van der Waals surface area contributed by atoms with Crippen molar-refractivity contribution < 1.29 is 9.53 Å². The zero-order valence-electron chi connectivity index (χ0n) is 17.9. The highest BCUT2D eigenvalue weighted by atomic mass is 32.2. The van der Waals surface area contributed by atoms with Crippen LogP contribution >= 0.6 is 11.8 Å². The lowest BCUT2D eigenvalue weighted by molar-refractivity contribution is -0.129. The third-order valence-corrected chi connectivity index (χ3v) is 7.30. The molecular weight excluding hydrogens is 392 g/mol. The monoisotopic (exact) mass is 422 g/mol. The van der Waals surface area contributed by atoms with Gasteiger partial charge in [0.25, 0.3) is 5.91 Å². The molecule has 4 nitrogen and oxygen atoms in total. The highest BCUT2D eigenvalue weighted by molar-refractivity contribution is 8.05. The van der Waals surface area contributed by atoms with Crippen molar-refractivity contribution in [1.29, 1.82) is 0 Å². The van der Waals surface area contributed by atoms with Gasteiger partial charge in [0.05, 0.1) is 12.0 Å². The maximum Gasteiger partial charge on any atom is 0.262 e. The van der Waals surface area contributed by atoms with Crippen LogP contribution in [0.3, 0.4) is 0 Å². The average molecular weight is 423 g/mol. The highest BCUT2D eigenvalue weighted by Crippen LogP contribution is 2.42. The molecular formula is C25H30N2O2S. The Balaban J connectivity index is 1.65. The summed E-state index contributed by atoms with van der Waals surface area (Å²) >= 11 is 1.63. The summed E-state index contributed by atoms with van der Waals surface area (Å²) in [5.74, 6) is 1.49. The van der Waals surface area contributed by atoms with E-state index in [0.717, 1.165) is 33.9 Å². The number of ether oxygens (including phenoxy) is 1. The Morgan fingerprint density at radius 3 is 2.60 bits per heavy atom. The highest BCUT2D eigenvalue weighted by Gasteiger charge is 2.42. The second kappa shape index (κ2) is 9.17. The molecule has 2 fully saturated rings. The van der Waals surface area contributed by atoms with Crippen LogP contribution < -0.4 is 10.1 Å². The van der Waals surface area contributed by atoms with Crippen molar-refractivity contribution in [2.75, 3.05) is 12.4 Å². The van der Waals surface area contributed by atoms with E-state index in [2.05, 4.69) is 36.2 Å². The number of carbonyl (C=O) groups is 1. The lowest BCUT2D eigenvalue weighted by Gasteiger charge is -2.39. The van der Waals surface area contributed by atoms with E-state index < -0.39 is 0 Å². The fourth-order valence-corrected chi connectivity index (χ4v) is 5.65. The van der Waals surface area contributed by atoms with E-state index in [1.807, 2.05) is 42.5 Å². The van der Waals surface area contributed by atoms with Gasteiger partial charge in [0.2, 0.25) is 0 Å². The van der Waals surface area contributed by atoms with Crippen LogP contribution in [0.5, 0.6) is 5.75 Å². The van der Waals surface area contributed by atoms with Gasteiger partial charge >= 0.3 is 0 Å². The summed E-state index contributed by atoms with van der Waals surface area (Å²) in [6.07, 6.45) is 6.76. The summed E-state index contributed by atoms with van der Waals surface area (Å²) in [7, 11) is 1.67. The SMILES string of the molecule is COc1ccc(/C=C2\SC(Nc3ccccc3)N([C@@H]3CCCC[C@@H]3C)C2=O)c(C)c1. The first-order chi connectivity index (χ1) is 14.6.